The van der Waals surface area contributed by atoms with Crippen LogP contribution in [0.5, 0.6) is 11.6 Å². The van der Waals surface area contributed by atoms with Crippen molar-refractivity contribution < 1.29 is 4.74 Å². The third-order valence-corrected chi connectivity index (χ3v) is 3.18. The molecule has 1 aromatic heterocycles. The fraction of sp³-hybridized carbons (Fsp3) is 0.250. The fourth-order valence-electron chi connectivity index (χ4n) is 1.77. The van der Waals surface area contributed by atoms with Crippen molar-refractivity contribution >= 4 is 17.2 Å². The molecular formula is C16H18N2OS. The van der Waals surface area contributed by atoms with Crippen LogP contribution in [0.25, 0.3) is 0 Å². The maximum Gasteiger partial charge on any atom is 0.219 e. The lowest BCUT2D eigenvalue weighted by Crippen LogP contribution is -2.11. The van der Waals surface area contributed by atoms with E-state index in [9.17, 15) is 0 Å². The van der Waals surface area contributed by atoms with Crippen molar-refractivity contribution in [3.8, 4) is 11.6 Å². The standard InChI is InChI=1S/C16H18N2OS/c1-16(2,3)12-5-4-6-13(10-12)19-14-9-11(15(17)20)7-8-18-14/h4-10H,1-3H3,(H2,17,20). The summed E-state index contributed by atoms with van der Waals surface area (Å²) in [6, 6.07) is 11.5. The van der Waals surface area contributed by atoms with Gasteiger partial charge in [0.2, 0.25) is 5.88 Å². The molecule has 20 heavy (non-hydrogen) atoms. The van der Waals surface area contributed by atoms with E-state index in [-0.39, 0.29) is 5.41 Å². The van der Waals surface area contributed by atoms with Gasteiger partial charge >= 0.3 is 0 Å². The lowest BCUT2D eigenvalue weighted by atomic mass is 9.87. The summed E-state index contributed by atoms with van der Waals surface area (Å²) in [6.45, 7) is 6.49. The molecule has 0 saturated heterocycles. The Kier molecular flexibility index (Phi) is 4.04. The highest BCUT2D eigenvalue weighted by Gasteiger charge is 2.14. The topological polar surface area (TPSA) is 48.1 Å². The molecule has 3 nitrogen and oxygen atoms in total. The molecule has 4 heteroatoms. The summed E-state index contributed by atoms with van der Waals surface area (Å²) in [5.41, 5.74) is 7.64. The molecule has 1 heterocycles. The summed E-state index contributed by atoms with van der Waals surface area (Å²) in [6.07, 6.45) is 1.64. The third-order valence-electron chi connectivity index (χ3n) is 2.94. The molecule has 0 amide bonds. The Hall–Kier alpha value is -1.94. The van der Waals surface area contributed by atoms with Crippen molar-refractivity contribution in [1.29, 1.82) is 0 Å². The second-order valence-corrected chi connectivity index (χ2v) is 6.07. The monoisotopic (exact) mass is 286 g/mol. The average molecular weight is 286 g/mol. The molecule has 0 fully saturated rings. The van der Waals surface area contributed by atoms with Crippen molar-refractivity contribution in [3.63, 3.8) is 0 Å². The summed E-state index contributed by atoms with van der Waals surface area (Å²) in [4.78, 5) is 4.51. The van der Waals surface area contributed by atoms with E-state index in [4.69, 9.17) is 22.7 Å². The zero-order chi connectivity index (χ0) is 14.8. The predicted molar refractivity (Wildman–Crippen MR) is 85.3 cm³/mol. The van der Waals surface area contributed by atoms with Gasteiger partial charge in [-0.15, -0.1) is 0 Å². The lowest BCUT2D eigenvalue weighted by molar-refractivity contribution is 0.459. The van der Waals surface area contributed by atoms with Gasteiger partial charge in [0.05, 0.1) is 0 Å². The normalized spacial score (nSPS) is 11.2. The summed E-state index contributed by atoms with van der Waals surface area (Å²) in [5, 5.41) is 0. The zero-order valence-electron chi connectivity index (χ0n) is 11.9. The molecule has 104 valence electrons. The number of hydrogen-bond donors (Lipinski definition) is 1. The minimum atomic E-state index is 0.0769. The minimum absolute atomic E-state index is 0.0769. The Morgan fingerprint density at radius 3 is 2.60 bits per heavy atom. The molecule has 0 saturated carbocycles. The van der Waals surface area contributed by atoms with E-state index < -0.39 is 0 Å². The largest absolute Gasteiger partial charge is 0.439 e. The predicted octanol–water partition coefficient (Wildman–Crippen LogP) is 3.81. The van der Waals surface area contributed by atoms with Crippen LogP contribution in [0.3, 0.4) is 0 Å². The molecule has 0 radical (unpaired) electrons. The van der Waals surface area contributed by atoms with Crippen molar-refractivity contribution in [2.45, 2.75) is 26.2 Å². The van der Waals surface area contributed by atoms with E-state index >= 15 is 0 Å². The van der Waals surface area contributed by atoms with E-state index in [1.54, 1.807) is 18.3 Å². The van der Waals surface area contributed by atoms with Gasteiger partial charge in [0, 0.05) is 17.8 Å². The van der Waals surface area contributed by atoms with E-state index in [1.165, 1.54) is 5.56 Å². The molecule has 0 bridgehead atoms. The van der Waals surface area contributed by atoms with Crippen LogP contribution in [-0.2, 0) is 5.41 Å². The van der Waals surface area contributed by atoms with Crippen LogP contribution < -0.4 is 10.5 Å². The van der Waals surface area contributed by atoms with E-state index in [2.05, 4.69) is 31.8 Å². The van der Waals surface area contributed by atoms with Crippen molar-refractivity contribution in [2.75, 3.05) is 0 Å². The highest BCUT2D eigenvalue weighted by atomic mass is 32.1. The molecule has 0 atom stereocenters. The van der Waals surface area contributed by atoms with Crippen LogP contribution in [-0.4, -0.2) is 9.97 Å². The van der Waals surface area contributed by atoms with Gasteiger partial charge in [0.1, 0.15) is 10.7 Å². The van der Waals surface area contributed by atoms with Gasteiger partial charge in [0.25, 0.3) is 0 Å². The Morgan fingerprint density at radius 1 is 1.20 bits per heavy atom. The van der Waals surface area contributed by atoms with Crippen molar-refractivity contribution in [3.05, 3.63) is 53.7 Å². The van der Waals surface area contributed by atoms with Crippen LogP contribution in [0.15, 0.2) is 42.6 Å². The van der Waals surface area contributed by atoms with Gasteiger partial charge in [-0.3, -0.25) is 0 Å². The highest BCUT2D eigenvalue weighted by molar-refractivity contribution is 7.80. The summed E-state index contributed by atoms with van der Waals surface area (Å²) >= 11 is 4.95. The smallest absolute Gasteiger partial charge is 0.219 e. The number of pyridine rings is 1. The minimum Gasteiger partial charge on any atom is -0.439 e. The first-order chi connectivity index (χ1) is 9.36. The molecule has 0 spiro atoms. The number of benzene rings is 1. The molecule has 0 aliphatic heterocycles. The van der Waals surface area contributed by atoms with Gasteiger partial charge in [-0.1, -0.05) is 45.1 Å². The third kappa shape index (κ3) is 3.54. The summed E-state index contributed by atoms with van der Waals surface area (Å²) < 4.78 is 5.78. The second kappa shape index (κ2) is 5.59. The number of ether oxygens (including phenoxy) is 1. The maximum absolute atomic E-state index is 5.78. The molecule has 0 aliphatic carbocycles. The van der Waals surface area contributed by atoms with Crippen LogP contribution in [0.1, 0.15) is 31.9 Å². The van der Waals surface area contributed by atoms with Crippen molar-refractivity contribution in [1.82, 2.24) is 4.98 Å². The average Bonchev–Trinajstić information content (AvgIpc) is 2.38. The van der Waals surface area contributed by atoms with Crippen LogP contribution in [0.2, 0.25) is 0 Å². The Bertz CT molecular complexity index is 632. The van der Waals surface area contributed by atoms with Gasteiger partial charge < -0.3 is 10.5 Å². The zero-order valence-corrected chi connectivity index (χ0v) is 12.7. The molecule has 0 unspecified atom stereocenters. The van der Waals surface area contributed by atoms with Crippen LogP contribution in [0.4, 0.5) is 0 Å². The molecule has 2 aromatic rings. The van der Waals surface area contributed by atoms with Gasteiger partial charge in [-0.05, 0) is 29.2 Å². The second-order valence-electron chi connectivity index (χ2n) is 5.63. The van der Waals surface area contributed by atoms with Gasteiger partial charge in [-0.25, -0.2) is 4.98 Å². The number of aromatic nitrogens is 1. The van der Waals surface area contributed by atoms with Crippen LogP contribution >= 0.6 is 12.2 Å². The first-order valence-corrected chi connectivity index (χ1v) is 6.81. The Morgan fingerprint density at radius 2 is 1.95 bits per heavy atom. The SMILES string of the molecule is CC(C)(C)c1cccc(Oc2cc(C(N)=S)ccn2)c1. The number of nitrogens with zero attached hydrogens (tertiary/aromatic N) is 1. The first-order valence-electron chi connectivity index (χ1n) is 6.40. The van der Waals surface area contributed by atoms with Crippen molar-refractivity contribution in [2.24, 2.45) is 5.73 Å². The molecule has 2 N–H and O–H groups in total. The molecule has 0 aliphatic rings. The number of thiocarbonyl (C=S) groups is 1. The van der Waals surface area contributed by atoms with E-state index in [1.807, 2.05) is 18.2 Å². The van der Waals surface area contributed by atoms with Crippen LogP contribution in [0, 0.1) is 0 Å². The Balaban J connectivity index is 2.26. The lowest BCUT2D eigenvalue weighted by Gasteiger charge is -2.19. The quantitative estimate of drug-likeness (QED) is 0.872. The molecule has 2 rings (SSSR count). The molecule has 1 aromatic carbocycles. The summed E-state index contributed by atoms with van der Waals surface area (Å²) in [5.74, 6) is 1.24. The fourth-order valence-corrected chi connectivity index (χ4v) is 1.89. The molecular weight excluding hydrogens is 268 g/mol. The summed E-state index contributed by atoms with van der Waals surface area (Å²) in [7, 11) is 0. The van der Waals surface area contributed by atoms with E-state index in [0.717, 1.165) is 11.3 Å². The van der Waals surface area contributed by atoms with Gasteiger partial charge in [-0.2, -0.15) is 0 Å². The number of nitrogens with two attached hydrogens (primary N) is 1. The maximum atomic E-state index is 5.78. The van der Waals surface area contributed by atoms with E-state index in [0.29, 0.717) is 10.9 Å². The number of rotatable bonds is 3. The van der Waals surface area contributed by atoms with Gasteiger partial charge in [0.15, 0.2) is 0 Å². The first kappa shape index (κ1) is 14.5. The Labute approximate surface area is 124 Å². The highest BCUT2D eigenvalue weighted by Crippen LogP contribution is 2.27. The number of hydrogen-bond acceptors (Lipinski definition) is 3.